The summed E-state index contributed by atoms with van der Waals surface area (Å²) in [4.78, 5) is 30.5. The van der Waals surface area contributed by atoms with Crippen LogP contribution in [0.15, 0.2) is 30.5 Å². The van der Waals surface area contributed by atoms with Gasteiger partial charge in [0.25, 0.3) is 0 Å². The number of carbonyl (C=O) groups excluding carboxylic acids is 2. The molecule has 2 amide bonds. The maximum atomic E-state index is 12.3. The van der Waals surface area contributed by atoms with Crippen molar-refractivity contribution < 1.29 is 14.3 Å². The van der Waals surface area contributed by atoms with Crippen LogP contribution in [-0.4, -0.2) is 30.5 Å². The molecule has 1 saturated heterocycles. The highest BCUT2D eigenvalue weighted by molar-refractivity contribution is 7.16. The molecule has 2 aromatic rings. The van der Waals surface area contributed by atoms with Gasteiger partial charge in [-0.1, -0.05) is 17.4 Å². The van der Waals surface area contributed by atoms with Crippen molar-refractivity contribution in [1.29, 1.82) is 5.26 Å². The van der Waals surface area contributed by atoms with E-state index in [1.807, 2.05) is 6.07 Å². The van der Waals surface area contributed by atoms with Crippen molar-refractivity contribution in [3.8, 4) is 11.8 Å². The smallest absolute Gasteiger partial charge is 0.231 e. The SMILES string of the molecule is COc1cccc(N2CC(C(=O)Nc3ncc(C#N)s3)CC2=O)c1. The summed E-state index contributed by atoms with van der Waals surface area (Å²) in [5.74, 6) is -0.189. The topological polar surface area (TPSA) is 95.3 Å². The maximum Gasteiger partial charge on any atom is 0.231 e. The first-order chi connectivity index (χ1) is 11.6. The standard InChI is InChI=1S/C16H14N4O3S/c1-23-12-4-2-3-11(6-12)20-9-10(5-14(20)21)15(22)19-16-18-8-13(7-17)24-16/h2-4,6,8,10H,5,9H2,1H3,(H,18,19,22). The number of hydrogen-bond acceptors (Lipinski definition) is 6. The Bertz CT molecular complexity index is 827. The molecule has 1 aliphatic rings. The molecule has 7 nitrogen and oxygen atoms in total. The van der Waals surface area contributed by atoms with Crippen molar-refractivity contribution in [2.24, 2.45) is 5.92 Å². The molecule has 0 aliphatic carbocycles. The number of anilines is 2. The first-order valence-electron chi connectivity index (χ1n) is 7.22. The molecule has 0 spiro atoms. The summed E-state index contributed by atoms with van der Waals surface area (Å²) in [6, 6.07) is 9.13. The van der Waals surface area contributed by atoms with E-state index in [2.05, 4.69) is 10.3 Å². The van der Waals surface area contributed by atoms with E-state index in [0.717, 1.165) is 11.3 Å². The third-order valence-corrected chi connectivity index (χ3v) is 4.52. The van der Waals surface area contributed by atoms with E-state index >= 15 is 0 Å². The highest BCUT2D eigenvalue weighted by Gasteiger charge is 2.35. The summed E-state index contributed by atoms with van der Waals surface area (Å²) in [5.41, 5.74) is 0.704. The quantitative estimate of drug-likeness (QED) is 0.917. The predicted octanol–water partition coefficient (Wildman–Crippen LogP) is 2.01. The molecule has 1 aliphatic heterocycles. The van der Waals surface area contributed by atoms with Gasteiger partial charge in [-0.05, 0) is 12.1 Å². The zero-order chi connectivity index (χ0) is 17.1. The Balaban J connectivity index is 1.69. The number of ether oxygens (including phenoxy) is 1. The van der Waals surface area contributed by atoms with Gasteiger partial charge in [-0.2, -0.15) is 5.26 Å². The number of benzene rings is 1. The van der Waals surface area contributed by atoms with E-state index in [4.69, 9.17) is 10.00 Å². The molecule has 1 unspecified atom stereocenters. The van der Waals surface area contributed by atoms with Crippen molar-refractivity contribution in [3.05, 3.63) is 35.3 Å². The molecular formula is C16H14N4O3S. The molecule has 0 saturated carbocycles. The average molecular weight is 342 g/mol. The molecule has 1 atom stereocenters. The molecular weight excluding hydrogens is 328 g/mol. The monoisotopic (exact) mass is 342 g/mol. The number of hydrogen-bond donors (Lipinski definition) is 1. The first kappa shape index (κ1) is 16.0. The summed E-state index contributed by atoms with van der Waals surface area (Å²) < 4.78 is 5.17. The average Bonchev–Trinajstić information content (AvgIpc) is 3.21. The second-order valence-corrected chi connectivity index (χ2v) is 6.27. The van der Waals surface area contributed by atoms with Gasteiger partial charge in [0.2, 0.25) is 11.8 Å². The lowest BCUT2D eigenvalue weighted by molar-refractivity contribution is -0.122. The van der Waals surface area contributed by atoms with Gasteiger partial charge in [-0.25, -0.2) is 4.98 Å². The minimum Gasteiger partial charge on any atom is -0.497 e. The van der Waals surface area contributed by atoms with Gasteiger partial charge in [-0.15, -0.1) is 0 Å². The minimum atomic E-state index is -0.460. The Morgan fingerprint density at radius 3 is 3.08 bits per heavy atom. The maximum absolute atomic E-state index is 12.3. The third kappa shape index (κ3) is 3.21. The molecule has 2 heterocycles. The summed E-state index contributed by atoms with van der Waals surface area (Å²) in [7, 11) is 1.56. The summed E-state index contributed by atoms with van der Waals surface area (Å²) in [5, 5.41) is 11.8. The Morgan fingerprint density at radius 1 is 1.54 bits per heavy atom. The molecule has 1 N–H and O–H groups in total. The number of methoxy groups -OCH3 is 1. The Morgan fingerprint density at radius 2 is 2.38 bits per heavy atom. The highest BCUT2D eigenvalue weighted by atomic mass is 32.1. The second kappa shape index (κ2) is 6.68. The third-order valence-electron chi connectivity index (χ3n) is 3.71. The number of amides is 2. The van der Waals surface area contributed by atoms with Crippen molar-refractivity contribution in [3.63, 3.8) is 0 Å². The molecule has 8 heteroatoms. The van der Waals surface area contributed by atoms with Crippen LogP contribution in [0.1, 0.15) is 11.3 Å². The molecule has 1 aromatic carbocycles. The van der Waals surface area contributed by atoms with Gasteiger partial charge in [0.1, 0.15) is 16.7 Å². The van der Waals surface area contributed by atoms with Crippen LogP contribution >= 0.6 is 11.3 Å². The lowest BCUT2D eigenvalue weighted by atomic mass is 10.1. The van der Waals surface area contributed by atoms with Gasteiger partial charge in [0.15, 0.2) is 5.13 Å². The zero-order valence-electron chi connectivity index (χ0n) is 12.9. The van der Waals surface area contributed by atoms with Crippen molar-refractivity contribution >= 4 is 34.0 Å². The lowest BCUT2D eigenvalue weighted by Gasteiger charge is -2.17. The minimum absolute atomic E-state index is 0.111. The van der Waals surface area contributed by atoms with Crippen LogP contribution in [0.5, 0.6) is 5.75 Å². The molecule has 0 bridgehead atoms. The van der Waals surface area contributed by atoms with Crippen LogP contribution in [0.3, 0.4) is 0 Å². The molecule has 24 heavy (non-hydrogen) atoms. The number of nitriles is 1. The van der Waals surface area contributed by atoms with Crippen molar-refractivity contribution in [2.45, 2.75) is 6.42 Å². The fourth-order valence-electron chi connectivity index (χ4n) is 2.50. The number of nitrogens with one attached hydrogen (secondary N) is 1. The van der Waals surface area contributed by atoms with Crippen LogP contribution in [0.25, 0.3) is 0 Å². The molecule has 122 valence electrons. The van der Waals surface area contributed by atoms with E-state index in [-0.39, 0.29) is 18.2 Å². The van der Waals surface area contributed by atoms with Crippen LogP contribution < -0.4 is 15.0 Å². The predicted molar refractivity (Wildman–Crippen MR) is 88.9 cm³/mol. The van der Waals surface area contributed by atoms with E-state index in [1.54, 1.807) is 36.3 Å². The van der Waals surface area contributed by atoms with E-state index in [0.29, 0.717) is 28.0 Å². The van der Waals surface area contributed by atoms with Gasteiger partial charge in [0.05, 0.1) is 19.2 Å². The number of aromatic nitrogens is 1. The number of carbonyl (C=O) groups is 2. The van der Waals surface area contributed by atoms with Crippen molar-refractivity contribution in [1.82, 2.24) is 4.98 Å². The van der Waals surface area contributed by atoms with Crippen LogP contribution in [0, 0.1) is 17.2 Å². The van der Waals surface area contributed by atoms with Crippen LogP contribution in [0.4, 0.5) is 10.8 Å². The Labute approximate surface area is 142 Å². The van der Waals surface area contributed by atoms with Crippen LogP contribution in [-0.2, 0) is 9.59 Å². The second-order valence-electron chi connectivity index (χ2n) is 5.24. The first-order valence-corrected chi connectivity index (χ1v) is 8.03. The number of thiazole rings is 1. The Hall–Kier alpha value is -2.92. The van der Waals surface area contributed by atoms with Crippen molar-refractivity contribution in [2.75, 3.05) is 23.9 Å². The van der Waals surface area contributed by atoms with Gasteiger partial charge in [0, 0.05) is 24.7 Å². The van der Waals surface area contributed by atoms with Gasteiger partial charge < -0.3 is 15.0 Å². The summed E-state index contributed by atoms with van der Waals surface area (Å²) >= 11 is 1.10. The molecule has 3 rings (SSSR count). The highest BCUT2D eigenvalue weighted by Crippen LogP contribution is 2.29. The summed E-state index contributed by atoms with van der Waals surface area (Å²) in [6.07, 6.45) is 1.54. The number of nitrogens with zero attached hydrogens (tertiary/aromatic N) is 3. The van der Waals surface area contributed by atoms with E-state index < -0.39 is 5.92 Å². The fourth-order valence-corrected chi connectivity index (χ4v) is 3.12. The molecule has 0 radical (unpaired) electrons. The lowest BCUT2D eigenvalue weighted by Crippen LogP contribution is -2.28. The fraction of sp³-hybridized carbons (Fsp3) is 0.250. The molecule has 1 aromatic heterocycles. The normalized spacial score (nSPS) is 16.8. The summed E-state index contributed by atoms with van der Waals surface area (Å²) in [6.45, 7) is 0.300. The largest absolute Gasteiger partial charge is 0.497 e. The molecule has 1 fully saturated rings. The van der Waals surface area contributed by atoms with E-state index in [1.165, 1.54) is 6.20 Å². The Kier molecular flexibility index (Phi) is 4.44. The number of rotatable bonds is 4. The van der Waals surface area contributed by atoms with Gasteiger partial charge in [-0.3, -0.25) is 9.59 Å². The zero-order valence-corrected chi connectivity index (χ0v) is 13.7. The van der Waals surface area contributed by atoms with Crippen LogP contribution in [0.2, 0.25) is 0 Å². The van der Waals surface area contributed by atoms with Gasteiger partial charge >= 0.3 is 0 Å². The van der Waals surface area contributed by atoms with E-state index in [9.17, 15) is 9.59 Å².